The number of benzene rings is 1. The Labute approximate surface area is 152 Å². The largest absolute Gasteiger partial charge is 0.342 e. The number of carbonyl (C=O) groups excluding carboxylic acids is 1. The van der Waals surface area contributed by atoms with Crippen LogP contribution in [0.1, 0.15) is 44.2 Å². The molecule has 5 rings (SSSR count). The second-order valence-electron chi connectivity index (χ2n) is 8.32. The number of fused-ring (bicyclic) bond motifs is 4. The van der Waals surface area contributed by atoms with Crippen LogP contribution in [0.4, 0.5) is 0 Å². The van der Waals surface area contributed by atoms with E-state index in [1.54, 1.807) is 0 Å². The van der Waals surface area contributed by atoms with Crippen LogP contribution in [0.5, 0.6) is 0 Å². The van der Waals surface area contributed by atoms with Gasteiger partial charge in [0.2, 0.25) is 0 Å². The molecule has 2 aliphatic carbocycles. The first kappa shape index (κ1) is 15.3. The van der Waals surface area contributed by atoms with Crippen LogP contribution in [-0.2, 0) is 16.6 Å². The lowest BCUT2D eigenvalue weighted by molar-refractivity contribution is -0.118. The number of allylic oxidation sites excluding steroid dienone is 2. The standard InChI is InChI=1S/C20H20ClN3O/c1-19(2)8-15-17(16(25)9-19)20(13-10-22-24-18(13)23-15)7-6-11-12(20)4-3-5-14(11)21/h3-5,23H,6-10H2,1-2H3. The monoisotopic (exact) mass is 353 g/mol. The van der Waals surface area contributed by atoms with Gasteiger partial charge in [0.05, 0.1) is 12.0 Å². The van der Waals surface area contributed by atoms with E-state index in [1.165, 1.54) is 11.1 Å². The molecule has 0 fully saturated rings. The normalized spacial score (nSPS) is 29.0. The van der Waals surface area contributed by atoms with E-state index in [2.05, 4.69) is 35.5 Å². The van der Waals surface area contributed by atoms with Gasteiger partial charge in [-0.2, -0.15) is 5.11 Å². The average Bonchev–Trinajstić information content (AvgIpc) is 3.13. The zero-order valence-electron chi connectivity index (χ0n) is 14.4. The smallest absolute Gasteiger partial charge is 0.162 e. The lowest BCUT2D eigenvalue weighted by atomic mass is 9.61. The quantitative estimate of drug-likeness (QED) is 0.749. The molecular formula is C20H20ClN3O. The number of halogens is 1. The lowest BCUT2D eigenvalue weighted by Gasteiger charge is -2.44. The number of ketones is 1. The molecule has 0 amide bonds. The maximum atomic E-state index is 13.3. The van der Waals surface area contributed by atoms with Crippen LogP contribution in [0.2, 0.25) is 5.02 Å². The minimum Gasteiger partial charge on any atom is -0.342 e. The van der Waals surface area contributed by atoms with Crippen molar-refractivity contribution in [3.63, 3.8) is 0 Å². The van der Waals surface area contributed by atoms with E-state index in [0.29, 0.717) is 13.0 Å². The molecule has 1 spiro atoms. The van der Waals surface area contributed by atoms with Gasteiger partial charge in [-0.05, 0) is 41.9 Å². The maximum absolute atomic E-state index is 13.3. The minimum atomic E-state index is -0.396. The third-order valence-electron chi connectivity index (χ3n) is 6.10. The second-order valence-corrected chi connectivity index (χ2v) is 8.72. The fraction of sp³-hybridized carbons (Fsp3) is 0.450. The zero-order chi connectivity index (χ0) is 17.4. The van der Waals surface area contributed by atoms with Gasteiger partial charge in [0.15, 0.2) is 11.6 Å². The van der Waals surface area contributed by atoms with Gasteiger partial charge >= 0.3 is 0 Å². The Hall–Kier alpha value is -1.94. The molecule has 0 saturated heterocycles. The number of nitrogens with zero attached hydrogens (tertiary/aromatic N) is 2. The predicted molar refractivity (Wildman–Crippen MR) is 96.4 cm³/mol. The Morgan fingerprint density at radius 3 is 2.92 bits per heavy atom. The zero-order valence-corrected chi connectivity index (χ0v) is 15.2. The van der Waals surface area contributed by atoms with E-state index < -0.39 is 5.41 Å². The van der Waals surface area contributed by atoms with Gasteiger partial charge in [0.25, 0.3) is 0 Å². The number of hydrogen-bond acceptors (Lipinski definition) is 4. The van der Waals surface area contributed by atoms with E-state index in [4.69, 9.17) is 11.6 Å². The van der Waals surface area contributed by atoms with Crippen LogP contribution in [0, 0.1) is 5.41 Å². The van der Waals surface area contributed by atoms with Crippen LogP contribution in [-0.4, -0.2) is 12.3 Å². The van der Waals surface area contributed by atoms with Gasteiger partial charge in [-0.25, -0.2) is 0 Å². The second kappa shape index (κ2) is 4.82. The number of hydrogen-bond donors (Lipinski definition) is 1. The summed E-state index contributed by atoms with van der Waals surface area (Å²) in [4.78, 5) is 13.3. The Morgan fingerprint density at radius 2 is 2.08 bits per heavy atom. The van der Waals surface area contributed by atoms with Crippen molar-refractivity contribution < 1.29 is 4.79 Å². The molecule has 0 saturated carbocycles. The SMILES string of the molecule is CC1(C)CC(=O)C2=C(C1)NC1=C(CN=N1)C21CCc2c(Cl)cccc21. The van der Waals surface area contributed by atoms with Gasteiger partial charge in [0.1, 0.15) is 0 Å². The van der Waals surface area contributed by atoms with Crippen molar-refractivity contribution in [1.82, 2.24) is 5.32 Å². The van der Waals surface area contributed by atoms with Crippen LogP contribution in [0.3, 0.4) is 0 Å². The molecule has 4 nitrogen and oxygen atoms in total. The van der Waals surface area contributed by atoms with Crippen molar-refractivity contribution in [2.24, 2.45) is 15.6 Å². The van der Waals surface area contributed by atoms with Crippen molar-refractivity contribution in [3.8, 4) is 0 Å². The lowest BCUT2D eigenvalue weighted by Crippen LogP contribution is -2.45. The highest BCUT2D eigenvalue weighted by molar-refractivity contribution is 6.31. The molecule has 0 radical (unpaired) electrons. The highest BCUT2D eigenvalue weighted by atomic mass is 35.5. The van der Waals surface area contributed by atoms with Crippen molar-refractivity contribution >= 4 is 17.4 Å². The number of azo groups is 1. The highest BCUT2D eigenvalue weighted by Crippen LogP contribution is 2.57. The molecule has 1 aromatic carbocycles. The summed E-state index contributed by atoms with van der Waals surface area (Å²) >= 11 is 6.49. The molecule has 1 aromatic rings. The fourth-order valence-corrected chi connectivity index (χ4v) is 5.47. The molecule has 0 bridgehead atoms. The average molecular weight is 354 g/mol. The van der Waals surface area contributed by atoms with Gasteiger partial charge in [-0.1, -0.05) is 37.6 Å². The Bertz CT molecular complexity index is 925. The van der Waals surface area contributed by atoms with Crippen molar-refractivity contribution in [3.05, 3.63) is 57.0 Å². The van der Waals surface area contributed by atoms with Crippen molar-refractivity contribution in [2.45, 2.75) is 44.9 Å². The topological polar surface area (TPSA) is 53.8 Å². The summed E-state index contributed by atoms with van der Waals surface area (Å²) in [6.07, 6.45) is 3.21. The number of nitrogens with one attached hydrogen (secondary N) is 1. The molecule has 1 atom stereocenters. The van der Waals surface area contributed by atoms with Gasteiger partial charge in [-0.3, -0.25) is 4.79 Å². The summed E-state index contributed by atoms with van der Waals surface area (Å²) < 4.78 is 0. The van der Waals surface area contributed by atoms with Crippen LogP contribution in [0.25, 0.3) is 0 Å². The summed E-state index contributed by atoms with van der Waals surface area (Å²) in [6.45, 7) is 4.87. The molecule has 2 heterocycles. The number of rotatable bonds is 0. The first-order chi connectivity index (χ1) is 11.9. The van der Waals surface area contributed by atoms with E-state index >= 15 is 0 Å². The third kappa shape index (κ3) is 1.92. The molecule has 25 heavy (non-hydrogen) atoms. The van der Waals surface area contributed by atoms with Crippen LogP contribution < -0.4 is 5.32 Å². The Kier molecular flexibility index (Phi) is 2.95. The van der Waals surface area contributed by atoms with Gasteiger partial charge in [0, 0.05) is 28.3 Å². The predicted octanol–water partition coefficient (Wildman–Crippen LogP) is 4.45. The summed E-state index contributed by atoms with van der Waals surface area (Å²) in [5, 5.41) is 12.9. The van der Waals surface area contributed by atoms with Crippen LogP contribution in [0.15, 0.2) is 51.1 Å². The molecule has 4 aliphatic rings. The van der Waals surface area contributed by atoms with Crippen molar-refractivity contribution in [1.29, 1.82) is 0 Å². The first-order valence-corrected chi connectivity index (χ1v) is 9.23. The minimum absolute atomic E-state index is 0.0340. The van der Waals surface area contributed by atoms with Crippen LogP contribution >= 0.6 is 11.6 Å². The number of carbonyl (C=O) groups is 1. The molecule has 128 valence electrons. The van der Waals surface area contributed by atoms with Gasteiger partial charge < -0.3 is 5.32 Å². The number of Topliss-reactive ketones (excluding diaryl/α,β-unsaturated/α-hetero) is 1. The van der Waals surface area contributed by atoms with E-state index in [-0.39, 0.29) is 11.2 Å². The van der Waals surface area contributed by atoms with Crippen molar-refractivity contribution in [2.75, 3.05) is 6.54 Å². The van der Waals surface area contributed by atoms with E-state index in [1.807, 2.05) is 12.1 Å². The molecule has 0 aromatic heterocycles. The Morgan fingerprint density at radius 1 is 1.24 bits per heavy atom. The summed E-state index contributed by atoms with van der Waals surface area (Å²) in [6, 6.07) is 6.08. The summed E-state index contributed by atoms with van der Waals surface area (Å²) in [5.41, 5.74) is 5.05. The Balaban J connectivity index is 1.80. The molecule has 5 heteroatoms. The van der Waals surface area contributed by atoms with Gasteiger partial charge in [-0.15, -0.1) is 5.11 Å². The third-order valence-corrected chi connectivity index (χ3v) is 6.45. The fourth-order valence-electron chi connectivity index (χ4n) is 5.20. The summed E-state index contributed by atoms with van der Waals surface area (Å²) in [5.74, 6) is 1.10. The number of dihydropyridines is 1. The van der Waals surface area contributed by atoms with E-state index in [9.17, 15) is 4.79 Å². The maximum Gasteiger partial charge on any atom is 0.162 e. The molecular weight excluding hydrogens is 334 g/mol. The molecule has 1 unspecified atom stereocenters. The molecule has 2 aliphatic heterocycles. The van der Waals surface area contributed by atoms with E-state index in [0.717, 1.165) is 46.9 Å². The highest BCUT2D eigenvalue weighted by Gasteiger charge is 2.54. The first-order valence-electron chi connectivity index (χ1n) is 8.85. The molecule has 1 N–H and O–H groups in total. The summed E-state index contributed by atoms with van der Waals surface area (Å²) in [7, 11) is 0.